The summed E-state index contributed by atoms with van der Waals surface area (Å²) in [7, 11) is 0. The van der Waals surface area contributed by atoms with Gasteiger partial charge < -0.3 is 10.6 Å². The zero-order chi connectivity index (χ0) is 11.1. The van der Waals surface area contributed by atoms with Crippen LogP contribution >= 0.6 is 0 Å². The van der Waals surface area contributed by atoms with E-state index in [2.05, 4.69) is 0 Å². The molecule has 2 rings (SSSR count). The molecule has 0 aromatic carbocycles. The minimum Gasteiger partial charge on any atom is -0.369 e. The van der Waals surface area contributed by atoms with Gasteiger partial charge in [-0.3, -0.25) is 9.59 Å². The number of likely N-dealkylation sites (tertiary alicyclic amines) is 1. The Hall–Kier alpha value is -1.57. The van der Waals surface area contributed by atoms with Gasteiger partial charge in [-0.1, -0.05) is 0 Å². The molecule has 0 bridgehead atoms. The van der Waals surface area contributed by atoms with Crippen LogP contribution in [0.1, 0.15) is 19.3 Å². The molecule has 2 aliphatic rings. The Morgan fingerprint density at radius 1 is 1.53 bits per heavy atom. The van der Waals surface area contributed by atoms with Gasteiger partial charge in [0.05, 0.1) is 17.9 Å². The predicted octanol–water partition coefficient (Wildman–Crippen LogP) is -0.419. The summed E-state index contributed by atoms with van der Waals surface area (Å²) in [4.78, 5) is 24.2. The van der Waals surface area contributed by atoms with Crippen LogP contribution in [0.3, 0.4) is 0 Å². The van der Waals surface area contributed by atoms with Crippen molar-refractivity contribution in [2.24, 2.45) is 11.1 Å². The van der Waals surface area contributed by atoms with Crippen LogP contribution in [0, 0.1) is 23.2 Å². The number of nitriles is 1. The van der Waals surface area contributed by atoms with Crippen molar-refractivity contribution < 1.29 is 9.59 Å². The molecule has 2 amide bonds. The van der Waals surface area contributed by atoms with Crippen molar-refractivity contribution in [1.29, 1.82) is 5.26 Å². The van der Waals surface area contributed by atoms with Crippen molar-refractivity contribution in [2.45, 2.75) is 25.3 Å². The fraction of sp³-hybridized carbons (Fsp3) is 0.600. The number of carbonyl (C=O) groups excluding carboxylic acids is 2. The zero-order valence-electron chi connectivity index (χ0n) is 8.27. The third-order valence-electron chi connectivity index (χ3n) is 3.13. The molecule has 2 fully saturated rings. The van der Waals surface area contributed by atoms with Crippen molar-refractivity contribution in [3.8, 4) is 6.07 Å². The first-order chi connectivity index (χ1) is 7.09. The largest absolute Gasteiger partial charge is 0.369 e. The maximum atomic E-state index is 11.7. The molecule has 1 aliphatic heterocycles. The van der Waals surface area contributed by atoms with Crippen LogP contribution in [-0.4, -0.2) is 29.3 Å². The van der Waals surface area contributed by atoms with Crippen molar-refractivity contribution in [3.05, 3.63) is 6.42 Å². The van der Waals surface area contributed by atoms with Gasteiger partial charge in [0.25, 0.3) is 0 Å². The van der Waals surface area contributed by atoms with Crippen molar-refractivity contribution in [1.82, 2.24) is 4.90 Å². The number of amides is 2. The number of hydrogen-bond acceptors (Lipinski definition) is 3. The first-order valence-electron chi connectivity index (χ1n) is 4.95. The molecule has 2 N–H and O–H groups in total. The van der Waals surface area contributed by atoms with Gasteiger partial charge in [0.1, 0.15) is 6.04 Å². The third-order valence-corrected chi connectivity index (χ3v) is 3.13. The molecule has 1 aliphatic carbocycles. The Bertz CT molecular complexity index is 354. The molecule has 15 heavy (non-hydrogen) atoms. The minimum absolute atomic E-state index is 0.232. The average molecular weight is 206 g/mol. The molecule has 1 radical (unpaired) electrons. The van der Waals surface area contributed by atoms with E-state index in [1.165, 1.54) is 11.3 Å². The smallest absolute Gasteiger partial charge is 0.228 e. The topological polar surface area (TPSA) is 87.2 Å². The zero-order valence-corrected chi connectivity index (χ0v) is 8.27. The van der Waals surface area contributed by atoms with E-state index in [-0.39, 0.29) is 11.9 Å². The van der Waals surface area contributed by atoms with Gasteiger partial charge in [0, 0.05) is 6.54 Å². The quantitative estimate of drug-likeness (QED) is 0.680. The molecule has 5 nitrogen and oxygen atoms in total. The Morgan fingerprint density at radius 2 is 2.20 bits per heavy atom. The van der Waals surface area contributed by atoms with Crippen LogP contribution in [0.4, 0.5) is 0 Å². The lowest BCUT2D eigenvalue weighted by Gasteiger charge is -2.36. The van der Waals surface area contributed by atoms with Gasteiger partial charge in [-0.2, -0.15) is 5.26 Å². The molecular weight excluding hydrogens is 194 g/mol. The molecule has 1 atom stereocenters. The van der Waals surface area contributed by atoms with Crippen LogP contribution in [0.25, 0.3) is 0 Å². The number of nitrogens with two attached hydrogens (primary N) is 1. The van der Waals surface area contributed by atoms with Gasteiger partial charge in [0.2, 0.25) is 11.8 Å². The lowest BCUT2D eigenvalue weighted by Crippen LogP contribution is -2.51. The highest BCUT2D eigenvalue weighted by Gasteiger charge is 2.51. The summed E-state index contributed by atoms with van der Waals surface area (Å²) in [5.74, 6) is -0.672. The molecule has 0 spiro atoms. The van der Waals surface area contributed by atoms with Crippen LogP contribution < -0.4 is 5.73 Å². The second kappa shape index (κ2) is 3.23. The van der Waals surface area contributed by atoms with E-state index >= 15 is 0 Å². The third kappa shape index (κ3) is 1.56. The summed E-state index contributed by atoms with van der Waals surface area (Å²) in [5, 5.41) is 8.68. The summed E-state index contributed by atoms with van der Waals surface area (Å²) >= 11 is 0. The van der Waals surface area contributed by atoms with Crippen LogP contribution in [0.2, 0.25) is 0 Å². The molecule has 0 aromatic rings. The highest BCUT2D eigenvalue weighted by atomic mass is 16.2. The monoisotopic (exact) mass is 206 g/mol. The fourth-order valence-corrected chi connectivity index (χ4v) is 1.70. The van der Waals surface area contributed by atoms with E-state index in [0.29, 0.717) is 19.4 Å². The van der Waals surface area contributed by atoms with Crippen LogP contribution in [-0.2, 0) is 9.59 Å². The number of rotatable bonds is 3. The van der Waals surface area contributed by atoms with Gasteiger partial charge in [-0.15, -0.1) is 0 Å². The highest BCUT2D eigenvalue weighted by Crippen LogP contribution is 2.48. The average Bonchev–Trinajstić information content (AvgIpc) is 2.84. The maximum Gasteiger partial charge on any atom is 0.228 e. The van der Waals surface area contributed by atoms with Crippen LogP contribution in [0.15, 0.2) is 0 Å². The van der Waals surface area contributed by atoms with Crippen molar-refractivity contribution >= 4 is 11.8 Å². The predicted molar refractivity (Wildman–Crippen MR) is 50.9 cm³/mol. The summed E-state index contributed by atoms with van der Waals surface area (Å²) in [6.45, 7) is 0.600. The maximum absolute atomic E-state index is 11.7. The minimum atomic E-state index is -0.716. The summed E-state index contributed by atoms with van der Waals surface area (Å²) < 4.78 is 0. The standard InChI is InChI=1S/C10H12N3O2/c11-6-7-1-4-13(7)8(14)5-10(2-3-10)9(12)15/h5,7H,1-4H2,(H2,12,15)/t7-/m1/s1. The van der Waals surface area contributed by atoms with E-state index in [0.717, 1.165) is 6.42 Å². The normalized spacial score (nSPS) is 26.3. The molecule has 1 heterocycles. The molecule has 5 heteroatoms. The molecule has 0 unspecified atom stereocenters. The van der Waals surface area contributed by atoms with E-state index in [1.54, 1.807) is 0 Å². The lowest BCUT2D eigenvalue weighted by molar-refractivity contribution is -0.136. The Labute approximate surface area is 87.8 Å². The van der Waals surface area contributed by atoms with Gasteiger partial charge >= 0.3 is 0 Å². The van der Waals surface area contributed by atoms with E-state index in [9.17, 15) is 9.59 Å². The summed E-state index contributed by atoms with van der Waals surface area (Å²) in [5.41, 5.74) is 4.49. The molecule has 79 valence electrons. The number of nitrogens with zero attached hydrogens (tertiary/aromatic N) is 2. The van der Waals surface area contributed by atoms with E-state index in [4.69, 9.17) is 11.0 Å². The van der Waals surface area contributed by atoms with Gasteiger partial charge in [0.15, 0.2) is 0 Å². The Kier molecular flexibility index (Phi) is 2.14. The molecule has 0 aromatic heterocycles. The van der Waals surface area contributed by atoms with E-state index < -0.39 is 11.3 Å². The Balaban J connectivity index is 1.94. The second-order valence-corrected chi connectivity index (χ2v) is 4.13. The van der Waals surface area contributed by atoms with Crippen molar-refractivity contribution in [3.63, 3.8) is 0 Å². The summed E-state index contributed by atoms with van der Waals surface area (Å²) in [6.07, 6.45) is 3.41. The number of hydrogen-bond donors (Lipinski definition) is 1. The second-order valence-electron chi connectivity index (χ2n) is 4.13. The SMILES string of the molecule is N#C[C@H]1CCN1C(=O)[CH]C1(C(N)=O)CC1. The molecular formula is C10H12N3O2. The first-order valence-corrected chi connectivity index (χ1v) is 4.95. The number of carbonyl (C=O) groups is 2. The first kappa shape index (κ1) is 9.97. The fourth-order valence-electron chi connectivity index (χ4n) is 1.70. The van der Waals surface area contributed by atoms with Crippen LogP contribution in [0.5, 0.6) is 0 Å². The Morgan fingerprint density at radius 3 is 2.53 bits per heavy atom. The summed E-state index contributed by atoms with van der Waals surface area (Å²) in [6, 6.07) is 1.71. The highest BCUT2D eigenvalue weighted by molar-refractivity contribution is 5.97. The van der Waals surface area contributed by atoms with Gasteiger partial charge in [-0.05, 0) is 19.3 Å². The molecule has 1 saturated carbocycles. The number of primary amides is 1. The van der Waals surface area contributed by atoms with Crippen molar-refractivity contribution in [2.75, 3.05) is 6.54 Å². The molecule has 1 saturated heterocycles. The van der Waals surface area contributed by atoms with Gasteiger partial charge in [-0.25, -0.2) is 0 Å². The van der Waals surface area contributed by atoms with E-state index in [1.807, 2.05) is 6.07 Å². The lowest BCUT2D eigenvalue weighted by atomic mass is 9.97.